The first-order valence-electron chi connectivity index (χ1n) is 18.4. The van der Waals surface area contributed by atoms with Crippen molar-refractivity contribution in [1.82, 2.24) is 18.9 Å². The summed E-state index contributed by atoms with van der Waals surface area (Å²) in [5, 5.41) is 8.10. The molecule has 12 aromatic rings. The molecule has 0 aliphatic carbocycles. The second kappa shape index (κ2) is 11.1. The van der Waals surface area contributed by atoms with Crippen LogP contribution >= 0.6 is 0 Å². The van der Waals surface area contributed by atoms with Gasteiger partial charge in [-0.15, -0.1) is 0 Å². The SMILES string of the molecule is c1ccc(-c2nc(-n3c4cccc5c6ccccc6n6c(-c7ccccc7)[n+](-c7ccccc7)c7c8ccccc8c3c(c54)c76)nc3ccccc23)cc1. The van der Waals surface area contributed by atoms with Crippen molar-refractivity contribution >= 4 is 70.8 Å². The van der Waals surface area contributed by atoms with Crippen LogP contribution in [0.3, 0.4) is 0 Å². The maximum atomic E-state index is 5.47. The van der Waals surface area contributed by atoms with Gasteiger partial charge in [-0.2, -0.15) is 8.97 Å². The highest BCUT2D eigenvalue weighted by Gasteiger charge is 2.35. The van der Waals surface area contributed by atoms with E-state index in [1.165, 1.54) is 21.5 Å². The molecule has 0 saturated heterocycles. The first kappa shape index (κ1) is 29.2. The fraction of sp³-hybridized carbons (Fsp3) is 0. The molecule has 0 atom stereocenters. The second-order valence-electron chi connectivity index (χ2n) is 14.0. The molecule has 0 unspecified atom stereocenters. The Hall–Kier alpha value is -7.37. The molecule has 0 N–H and O–H groups in total. The lowest BCUT2D eigenvalue weighted by molar-refractivity contribution is -0.554. The summed E-state index contributed by atoms with van der Waals surface area (Å²) in [7, 11) is 0. The van der Waals surface area contributed by atoms with Crippen LogP contribution in [-0.2, 0) is 0 Å². The third-order valence-electron chi connectivity index (χ3n) is 11.1. The van der Waals surface area contributed by atoms with Crippen LogP contribution in [0.4, 0.5) is 0 Å². The minimum Gasteiger partial charge on any atom is -0.277 e. The van der Waals surface area contributed by atoms with Crippen LogP contribution in [0.15, 0.2) is 182 Å². The maximum Gasteiger partial charge on any atom is 0.300 e. The van der Waals surface area contributed by atoms with E-state index in [9.17, 15) is 0 Å². The lowest BCUT2D eigenvalue weighted by atomic mass is 10.0. The van der Waals surface area contributed by atoms with Crippen LogP contribution in [0, 0.1) is 0 Å². The molecule has 5 nitrogen and oxygen atoms in total. The molecular weight excluding hydrogens is 659 g/mol. The Morgan fingerprint density at radius 2 is 1.00 bits per heavy atom. The van der Waals surface area contributed by atoms with E-state index in [2.05, 4.69) is 196 Å². The maximum absolute atomic E-state index is 5.47. The molecule has 0 radical (unpaired) electrons. The van der Waals surface area contributed by atoms with Gasteiger partial charge in [-0.05, 0) is 53.9 Å². The average molecular weight is 689 g/mol. The lowest BCUT2D eigenvalue weighted by Crippen LogP contribution is -2.32. The highest BCUT2D eigenvalue weighted by atomic mass is 15.2. The van der Waals surface area contributed by atoms with Crippen molar-refractivity contribution in [3.8, 4) is 34.3 Å². The third kappa shape index (κ3) is 3.90. The monoisotopic (exact) mass is 688 g/mol. The van der Waals surface area contributed by atoms with Crippen molar-refractivity contribution in [3.63, 3.8) is 0 Å². The summed E-state index contributed by atoms with van der Waals surface area (Å²) in [6, 6.07) is 64.9. The smallest absolute Gasteiger partial charge is 0.277 e. The quantitative estimate of drug-likeness (QED) is 0.173. The topological polar surface area (TPSA) is 39.0 Å². The van der Waals surface area contributed by atoms with Crippen molar-refractivity contribution in [2.75, 3.05) is 0 Å². The molecule has 0 saturated carbocycles. The fourth-order valence-corrected chi connectivity index (χ4v) is 8.94. The van der Waals surface area contributed by atoms with E-state index in [-0.39, 0.29) is 0 Å². The zero-order valence-corrected chi connectivity index (χ0v) is 29.1. The third-order valence-corrected chi connectivity index (χ3v) is 11.1. The average Bonchev–Trinajstić information content (AvgIpc) is 3.75. The molecule has 0 fully saturated rings. The Morgan fingerprint density at radius 1 is 0.407 bits per heavy atom. The van der Waals surface area contributed by atoms with Crippen LogP contribution in [0.5, 0.6) is 0 Å². The molecule has 4 heterocycles. The number of benzene rings is 8. The number of hydrogen-bond donors (Lipinski definition) is 0. The summed E-state index contributed by atoms with van der Waals surface area (Å²) >= 11 is 0. The number of aromatic nitrogens is 5. The second-order valence-corrected chi connectivity index (χ2v) is 14.0. The number of imidazole rings is 1. The van der Waals surface area contributed by atoms with Gasteiger partial charge in [-0.3, -0.25) is 4.57 Å². The van der Waals surface area contributed by atoms with Crippen LogP contribution < -0.4 is 4.57 Å². The number of para-hydroxylation sites is 3. The molecule has 4 aromatic heterocycles. The number of nitrogens with zero attached hydrogens (tertiary/aromatic N) is 5. The summed E-state index contributed by atoms with van der Waals surface area (Å²) in [6.07, 6.45) is 0. The summed E-state index contributed by atoms with van der Waals surface area (Å²) in [5.41, 5.74) is 10.8. The van der Waals surface area contributed by atoms with Gasteiger partial charge in [0.25, 0.3) is 5.82 Å². The van der Waals surface area contributed by atoms with Gasteiger partial charge in [0.2, 0.25) is 5.95 Å². The normalized spacial score (nSPS) is 12.1. The molecule has 0 amide bonds. The lowest BCUT2D eigenvalue weighted by Gasteiger charge is -2.13. The van der Waals surface area contributed by atoms with Gasteiger partial charge in [-0.1, -0.05) is 133 Å². The summed E-state index contributed by atoms with van der Waals surface area (Å²) in [5.74, 6) is 1.75. The standard InChI is InChI=1S/C49H30N5/c1-4-17-31(18-5-1)44-38-26-12-14-28-39(38)50-49(51-44)54-41-30-16-27-35-34-23-13-15-29-40(34)53-47-43(42(35)41)45(54)36-24-10-11-25-37(36)46(47)52(33-21-8-3-9-22-33)48(53)32-19-6-2-7-20-32/h1-30H/q+1. The molecule has 0 aliphatic heterocycles. The zero-order valence-electron chi connectivity index (χ0n) is 29.1. The molecule has 0 bridgehead atoms. The molecule has 0 spiro atoms. The van der Waals surface area contributed by atoms with E-state index >= 15 is 0 Å². The minimum atomic E-state index is 0.653. The summed E-state index contributed by atoms with van der Waals surface area (Å²) < 4.78 is 7.32. The largest absolute Gasteiger partial charge is 0.300 e. The Labute approximate surface area is 309 Å². The fourth-order valence-electron chi connectivity index (χ4n) is 8.94. The van der Waals surface area contributed by atoms with E-state index in [4.69, 9.17) is 9.97 Å². The molecule has 54 heavy (non-hydrogen) atoms. The number of fused-ring (bicyclic) bond motifs is 7. The Kier molecular flexibility index (Phi) is 5.99. The van der Waals surface area contributed by atoms with Crippen molar-refractivity contribution in [2.45, 2.75) is 0 Å². The van der Waals surface area contributed by atoms with Crippen LogP contribution in [0.25, 0.3) is 105 Å². The predicted molar refractivity (Wildman–Crippen MR) is 221 cm³/mol. The first-order chi connectivity index (χ1) is 26.8. The van der Waals surface area contributed by atoms with E-state index in [0.29, 0.717) is 5.95 Å². The van der Waals surface area contributed by atoms with E-state index < -0.39 is 0 Å². The number of rotatable bonds is 4. The van der Waals surface area contributed by atoms with E-state index in [1.807, 2.05) is 0 Å². The Morgan fingerprint density at radius 3 is 1.78 bits per heavy atom. The van der Waals surface area contributed by atoms with Crippen molar-refractivity contribution < 1.29 is 4.57 Å². The zero-order chi connectivity index (χ0) is 35.3. The van der Waals surface area contributed by atoms with Gasteiger partial charge in [-0.25, -0.2) is 9.97 Å². The summed E-state index contributed by atoms with van der Waals surface area (Å²) in [6.45, 7) is 0. The van der Waals surface area contributed by atoms with Crippen molar-refractivity contribution in [2.24, 2.45) is 0 Å². The summed E-state index contributed by atoms with van der Waals surface area (Å²) in [4.78, 5) is 10.8. The molecule has 250 valence electrons. The Balaban J connectivity index is 1.40. The highest BCUT2D eigenvalue weighted by Crippen LogP contribution is 2.47. The van der Waals surface area contributed by atoms with Crippen LogP contribution in [-0.4, -0.2) is 18.9 Å². The van der Waals surface area contributed by atoms with Crippen molar-refractivity contribution in [3.05, 3.63) is 182 Å². The molecule has 12 rings (SSSR count). The molecular formula is C49H30N5+. The van der Waals surface area contributed by atoms with Gasteiger partial charge in [0.15, 0.2) is 11.0 Å². The molecule has 8 aromatic carbocycles. The molecule has 0 aliphatic rings. The highest BCUT2D eigenvalue weighted by molar-refractivity contribution is 6.36. The van der Waals surface area contributed by atoms with Gasteiger partial charge < -0.3 is 0 Å². The predicted octanol–water partition coefficient (Wildman–Crippen LogP) is 11.5. The van der Waals surface area contributed by atoms with Gasteiger partial charge >= 0.3 is 0 Å². The van der Waals surface area contributed by atoms with Crippen molar-refractivity contribution in [1.29, 1.82) is 0 Å². The van der Waals surface area contributed by atoms with E-state index in [0.717, 1.165) is 77.6 Å². The van der Waals surface area contributed by atoms with E-state index in [1.54, 1.807) is 0 Å². The first-order valence-corrected chi connectivity index (χ1v) is 18.4. The van der Waals surface area contributed by atoms with Gasteiger partial charge in [0.05, 0.1) is 33.2 Å². The van der Waals surface area contributed by atoms with Gasteiger partial charge in [0, 0.05) is 32.5 Å². The Bertz CT molecular complexity index is 3420. The number of hydrogen-bond acceptors (Lipinski definition) is 2. The minimum absolute atomic E-state index is 0.653. The molecule has 5 heteroatoms. The van der Waals surface area contributed by atoms with Crippen LogP contribution in [0.2, 0.25) is 0 Å². The van der Waals surface area contributed by atoms with Crippen LogP contribution in [0.1, 0.15) is 0 Å². The van der Waals surface area contributed by atoms with Gasteiger partial charge in [0.1, 0.15) is 11.2 Å².